The largest absolute Gasteiger partial charge is 0.351 e. The summed E-state index contributed by atoms with van der Waals surface area (Å²) >= 11 is 1.34. The van der Waals surface area contributed by atoms with Gasteiger partial charge in [-0.3, -0.25) is 9.89 Å². The van der Waals surface area contributed by atoms with Crippen LogP contribution in [-0.4, -0.2) is 26.3 Å². The van der Waals surface area contributed by atoms with Gasteiger partial charge in [0.1, 0.15) is 0 Å². The highest BCUT2D eigenvalue weighted by molar-refractivity contribution is 8.00. The second kappa shape index (κ2) is 8.19. The lowest BCUT2D eigenvalue weighted by Crippen LogP contribution is -2.30. The van der Waals surface area contributed by atoms with Crippen molar-refractivity contribution in [3.05, 3.63) is 65.2 Å². The molecule has 1 unspecified atom stereocenters. The van der Waals surface area contributed by atoms with Crippen molar-refractivity contribution in [2.75, 3.05) is 0 Å². The average Bonchev–Trinajstić information content (AvgIpc) is 3.10. The predicted molar refractivity (Wildman–Crippen MR) is 105 cm³/mol. The summed E-state index contributed by atoms with van der Waals surface area (Å²) in [6, 6.07) is 16.2. The number of carbonyl (C=O) groups is 1. The quantitative estimate of drug-likeness (QED) is 0.650. The highest BCUT2D eigenvalue weighted by Crippen LogP contribution is 2.23. The molecular formula is C20H22N4OS. The van der Waals surface area contributed by atoms with E-state index >= 15 is 0 Å². The number of aryl methyl sites for hydroxylation is 2. The molecule has 1 amide bonds. The van der Waals surface area contributed by atoms with Crippen LogP contribution in [0.25, 0.3) is 11.4 Å². The Balaban J connectivity index is 1.55. The molecule has 2 N–H and O–H groups in total. The summed E-state index contributed by atoms with van der Waals surface area (Å²) in [5.74, 6) is 0.678. The van der Waals surface area contributed by atoms with E-state index < -0.39 is 0 Å². The molecule has 3 aromatic rings. The fourth-order valence-electron chi connectivity index (χ4n) is 2.39. The number of aromatic amines is 1. The van der Waals surface area contributed by atoms with E-state index in [1.807, 2.05) is 69.3 Å². The third-order valence-electron chi connectivity index (χ3n) is 4.03. The molecule has 1 aromatic heterocycles. The number of hydrogen-bond acceptors (Lipinski definition) is 4. The first-order valence-electron chi connectivity index (χ1n) is 8.50. The molecule has 0 aliphatic heterocycles. The van der Waals surface area contributed by atoms with Crippen molar-refractivity contribution in [3.63, 3.8) is 0 Å². The molecule has 0 aliphatic rings. The minimum absolute atomic E-state index is 0.0303. The lowest BCUT2D eigenvalue weighted by Gasteiger charge is -2.10. The first-order valence-corrected chi connectivity index (χ1v) is 9.38. The molecular weight excluding hydrogens is 344 g/mol. The lowest BCUT2D eigenvalue weighted by molar-refractivity contribution is -0.120. The van der Waals surface area contributed by atoms with Crippen molar-refractivity contribution in [1.82, 2.24) is 20.5 Å². The molecule has 0 saturated heterocycles. The van der Waals surface area contributed by atoms with Crippen LogP contribution in [0.3, 0.4) is 0 Å². The molecule has 0 radical (unpaired) electrons. The van der Waals surface area contributed by atoms with E-state index in [1.54, 1.807) is 0 Å². The number of carbonyl (C=O) groups excluding carboxylic acids is 1. The maximum Gasteiger partial charge on any atom is 0.233 e. The van der Waals surface area contributed by atoms with Gasteiger partial charge in [0, 0.05) is 12.1 Å². The third-order valence-corrected chi connectivity index (χ3v) is 4.99. The van der Waals surface area contributed by atoms with Crippen LogP contribution in [0.1, 0.15) is 23.6 Å². The van der Waals surface area contributed by atoms with E-state index in [-0.39, 0.29) is 11.2 Å². The van der Waals surface area contributed by atoms with Gasteiger partial charge in [0.15, 0.2) is 5.82 Å². The third kappa shape index (κ3) is 4.73. The number of H-pyrrole nitrogens is 1. The standard InChI is InChI=1S/C20H22N4OS/c1-13-4-8-16(9-5-13)12-21-19(25)15(3)26-20-22-18(23-24-20)17-10-6-14(2)7-11-17/h4-11,15H,12H2,1-3H3,(H,21,25)(H,22,23,24). The van der Waals surface area contributed by atoms with E-state index in [2.05, 4.69) is 20.5 Å². The molecule has 1 heterocycles. The summed E-state index contributed by atoms with van der Waals surface area (Å²) in [5, 5.41) is 10.4. The number of nitrogens with one attached hydrogen (secondary N) is 2. The number of hydrogen-bond donors (Lipinski definition) is 2. The van der Waals surface area contributed by atoms with Gasteiger partial charge in [0.25, 0.3) is 0 Å². The Bertz CT molecular complexity index is 872. The van der Waals surface area contributed by atoms with Gasteiger partial charge in [-0.1, -0.05) is 71.4 Å². The highest BCUT2D eigenvalue weighted by Gasteiger charge is 2.17. The second-order valence-corrected chi connectivity index (χ2v) is 7.60. The summed E-state index contributed by atoms with van der Waals surface area (Å²) in [6.07, 6.45) is 0. The molecule has 0 bridgehead atoms. The molecule has 1 atom stereocenters. The van der Waals surface area contributed by atoms with Crippen molar-refractivity contribution in [1.29, 1.82) is 0 Å². The first kappa shape index (κ1) is 18.2. The molecule has 5 nitrogen and oxygen atoms in total. The Kier molecular flexibility index (Phi) is 5.73. The minimum Gasteiger partial charge on any atom is -0.351 e. The number of thioether (sulfide) groups is 1. The molecule has 0 spiro atoms. The van der Waals surface area contributed by atoms with Gasteiger partial charge >= 0.3 is 0 Å². The van der Waals surface area contributed by atoms with E-state index in [9.17, 15) is 4.79 Å². The summed E-state index contributed by atoms with van der Waals surface area (Å²) in [7, 11) is 0. The van der Waals surface area contributed by atoms with Crippen molar-refractivity contribution >= 4 is 17.7 Å². The van der Waals surface area contributed by atoms with Crippen LogP contribution in [0.5, 0.6) is 0 Å². The van der Waals surface area contributed by atoms with Crippen LogP contribution in [0, 0.1) is 13.8 Å². The monoisotopic (exact) mass is 366 g/mol. The van der Waals surface area contributed by atoms with E-state index in [0.29, 0.717) is 17.5 Å². The molecule has 26 heavy (non-hydrogen) atoms. The first-order chi connectivity index (χ1) is 12.5. The fraction of sp³-hybridized carbons (Fsp3) is 0.250. The van der Waals surface area contributed by atoms with E-state index in [0.717, 1.165) is 11.1 Å². The fourth-order valence-corrected chi connectivity index (χ4v) is 3.14. The Morgan fingerprint density at radius 1 is 1.08 bits per heavy atom. The number of amides is 1. The Morgan fingerprint density at radius 3 is 2.35 bits per heavy atom. The van der Waals surface area contributed by atoms with Gasteiger partial charge in [-0.05, 0) is 26.3 Å². The Morgan fingerprint density at radius 2 is 1.69 bits per heavy atom. The smallest absolute Gasteiger partial charge is 0.233 e. The van der Waals surface area contributed by atoms with Crippen LogP contribution in [0.15, 0.2) is 53.7 Å². The Hall–Kier alpha value is -2.60. The molecule has 0 fully saturated rings. The number of aromatic nitrogens is 3. The summed E-state index contributed by atoms with van der Waals surface area (Å²) in [6.45, 7) is 6.47. The van der Waals surface area contributed by atoms with Gasteiger partial charge < -0.3 is 5.32 Å². The second-order valence-electron chi connectivity index (χ2n) is 6.30. The van der Waals surface area contributed by atoms with Crippen molar-refractivity contribution in [3.8, 4) is 11.4 Å². The molecule has 0 aliphatic carbocycles. The summed E-state index contributed by atoms with van der Waals surface area (Å²) < 4.78 is 0. The van der Waals surface area contributed by atoms with Crippen LogP contribution >= 0.6 is 11.8 Å². The van der Waals surface area contributed by atoms with Crippen molar-refractivity contribution < 1.29 is 4.79 Å². The highest BCUT2D eigenvalue weighted by atomic mass is 32.2. The van der Waals surface area contributed by atoms with Gasteiger partial charge in [-0.15, -0.1) is 5.10 Å². The molecule has 0 saturated carbocycles. The normalized spacial score (nSPS) is 12.0. The molecule has 3 rings (SSSR count). The van der Waals surface area contributed by atoms with Crippen molar-refractivity contribution in [2.24, 2.45) is 0 Å². The minimum atomic E-state index is -0.276. The van der Waals surface area contributed by atoms with Crippen LogP contribution in [-0.2, 0) is 11.3 Å². The number of rotatable bonds is 6. The maximum atomic E-state index is 12.3. The van der Waals surface area contributed by atoms with Gasteiger partial charge in [-0.25, -0.2) is 4.98 Å². The molecule has 134 valence electrons. The molecule has 2 aromatic carbocycles. The van der Waals surface area contributed by atoms with Gasteiger partial charge in [0.2, 0.25) is 11.1 Å². The van der Waals surface area contributed by atoms with Crippen molar-refractivity contribution in [2.45, 2.75) is 37.7 Å². The van der Waals surface area contributed by atoms with Gasteiger partial charge in [-0.2, -0.15) is 0 Å². The Labute approximate surface area is 157 Å². The zero-order valence-corrected chi connectivity index (χ0v) is 15.9. The van der Waals surface area contributed by atoms with Crippen LogP contribution in [0.2, 0.25) is 0 Å². The van der Waals surface area contributed by atoms with E-state index in [4.69, 9.17) is 0 Å². The number of benzene rings is 2. The zero-order valence-electron chi connectivity index (χ0n) is 15.1. The molecule has 6 heteroatoms. The predicted octanol–water partition coefficient (Wildman–Crippen LogP) is 3.89. The summed E-state index contributed by atoms with van der Waals surface area (Å²) in [4.78, 5) is 16.8. The average molecular weight is 366 g/mol. The summed E-state index contributed by atoms with van der Waals surface area (Å²) in [5.41, 5.74) is 4.46. The van der Waals surface area contributed by atoms with Gasteiger partial charge in [0.05, 0.1) is 5.25 Å². The number of nitrogens with zero attached hydrogens (tertiary/aromatic N) is 2. The van der Waals surface area contributed by atoms with E-state index in [1.165, 1.54) is 22.9 Å². The lowest BCUT2D eigenvalue weighted by atomic mass is 10.1. The van der Waals surface area contributed by atoms with Crippen LogP contribution in [0.4, 0.5) is 0 Å². The van der Waals surface area contributed by atoms with Crippen LogP contribution < -0.4 is 5.32 Å². The maximum absolute atomic E-state index is 12.3. The SMILES string of the molecule is Cc1ccc(CNC(=O)C(C)Sc2n[nH]c(-c3ccc(C)cc3)n2)cc1. The topological polar surface area (TPSA) is 70.7 Å². The zero-order chi connectivity index (χ0) is 18.5.